The van der Waals surface area contributed by atoms with Crippen molar-refractivity contribution in [3.63, 3.8) is 0 Å². The molecule has 2 nitrogen and oxygen atoms in total. The summed E-state index contributed by atoms with van der Waals surface area (Å²) in [5, 5.41) is 0. The summed E-state index contributed by atoms with van der Waals surface area (Å²) in [5.41, 5.74) is 0. The smallest absolute Gasteiger partial charge is 0.0637 e. The molecule has 0 saturated carbocycles. The fourth-order valence-corrected chi connectivity index (χ4v) is 1.25. The third-order valence-electron chi connectivity index (χ3n) is 1.57. The number of hydrogen-bond donors (Lipinski definition) is 1. The van der Waals surface area contributed by atoms with Gasteiger partial charge < -0.3 is 9.64 Å². The van der Waals surface area contributed by atoms with Crippen LogP contribution >= 0.6 is 12.6 Å². The van der Waals surface area contributed by atoms with Crippen LogP contribution in [-0.4, -0.2) is 31.7 Å². The highest BCUT2D eigenvalue weighted by Crippen LogP contribution is 2.15. The van der Waals surface area contributed by atoms with Crippen molar-refractivity contribution in [2.45, 2.75) is 6.42 Å². The highest BCUT2D eigenvalue weighted by atomic mass is 32.1. The van der Waals surface area contributed by atoms with E-state index in [1.54, 1.807) is 7.11 Å². The van der Waals surface area contributed by atoms with Crippen molar-refractivity contribution in [1.82, 2.24) is 4.90 Å². The van der Waals surface area contributed by atoms with E-state index in [2.05, 4.69) is 23.7 Å². The van der Waals surface area contributed by atoms with E-state index in [0.717, 1.165) is 26.1 Å². The Labute approximate surface area is 67.3 Å². The second-order valence-electron chi connectivity index (χ2n) is 2.40. The molecule has 0 saturated heterocycles. The van der Waals surface area contributed by atoms with Crippen LogP contribution < -0.4 is 0 Å². The zero-order chi connectivity index (χ0) is 7.40. The molecule has 1 rings (SSSR count). The van der Waals surface area contributed by atoms with Gasteiger partial charge in [0.2, 0.25) is 0 Å². The number of ether oxygens (including phenoxy) is 1. The summed E-state index contributed by atoms with van der Waals surface area (Å²) in [5.74, 6) is 0. The molecule has 10 heavy (non-hydrogen) atoms. The molecule has 0 aliphatic carbocycles. The average Bonchev–Trinajstić information content (AvgIpc) is 2.31. The molecule has 3 heteroatoms. The second-order valence-corrected chi connectivity index (χ2v) is 2.97. The molecule has 0 aromatic rings. The maximum atomic E-state index is 4.94. The van der Waals surface area contributed by atoms with Crippen LogP contribution in [0.25, 0.3) is 0 Å². The van der Waals surface area contributed by atoms with Crippen molar-refractivity contribution in [3.8, 4) is 0 Å². The molecule has 0 amide bonds. The fourth-order valence-electron chi connectivity index (χ4n) is 0.983. The minimum absolute atomic E-state index is 0.803. The van der Waals surface area contributed by atoms with Crippen LogP contribution in [0.15, 0.2) is 11.1 Å². The first-order valence-corrected chi connectivity index (χ1v) is 3.90. The van der Waals surface area contributed by atoms with Gasteiger partial charge in [-0.15, -0.1) is 12.6 Å². The third-order valence-corrected chi connectivity index (χ3v) is 1.91. The van der Waals surface area contributed by atoms with Crippen molar-refractivity contribution in [1.29, 1.82) is 0 Å². The summed E-state index contributed by atoms with van der Waals surface area (Å²) in [7, 11) is 1.72. The van der Waals surface area contributed by atoms with Gasteiger partial charge in [0.15, 0.2) is 0 Å². The Morgan fingerprint density at radius 1 is 1.80 bits per heavy atom. The summed E-state index contributed by atoms with van der Waals surface area (Å²) in [4.78, 5) is 3.40. The van der Waals surface area contributed by atoms with Crippen LogP contribution in [0.4, 0.5) is 0 Å². The van der Waals surface area contributed by atoms with Crippen LogP contribution in [-0.2, 0) is 4.74 Å². The molecule has 58 valence electrons. The van der Waals surface area contributed by atoms with Gasteiger partial charge in [0.1, 0.15) is 0 Å². The number of methoxy groups -OCH3 is 1. The topological polar surface area (TPSA) is 12.5 Å². The quantitative estimate of drug-likeness (QED) is 0.619. The number of hydrogen-bond acceptors (Lipinski definition) is 3. The SMILES string of the molecule is COCCN1C=C(S)CC1. The molecule has 0 bridgehead atoms. The molecule has 1 aliphatic heterocycles. The fraction of sp³-hybridized carbons (Fsp3) is 0.714. The van der Waals surface area contributed by atoms with Crippen molar-refractivity contribution in [2.24, 2.45) is 0 Å². The Hall–Kier alpha value is -0.150. The van der Waals surface area contributed by atoms with Crippen molar-refractivity contribution < 1.29 is 4.74 Å². The lowest BCUT2D eigenvalue weighted by Crippen LogP contribution is -2.19. The summed E-state index contributed by atoms with van der Waals surface area (Å²) in [6.45, 7) is 2.89. The first-order chi connectivity index (χ1) is 4.83. The van der Waals surface area contributed by atoms with Crippen LogP contribution in [0.3, 0.4) is 0 Å². The molecule has 0 N–H and O–H groups in total. The molecule has 0 aromatic carbocycles. The first kappa shape index (κ1) is 7.95. The minimum atomic E-state index is 0.803. The molecular formula is C7H13NOS. The van der Waals surface area contributed by atoms with Gasteiger partial charge in [-0.1, -0.05) is 0 Å². The lowest BCUT2D eigenvalue weighted by Gasteiger charge is -2.13. The summed E-state index contributed by atoms with van der Waals surface area (Å²) < 4.78 is 4.94. The lowest BCUT2D eigenvalue weighted by molar-refractivity contribution is 0.173. The van der Waals surface area contributed by atoms with Crippen LogP contribution in [0.2, 0.25) is 0 Å². The highest BCUT2D eigenvalue weighted by Gasteiger charge is 2.07. The third kappa shape index (κ3) is 2.23. The van der Waals surface area contributed by atoms with E-state index in [1.165, 1.54) is 4.91 Å². The average molecular weight is 159 g/mol. The van der Waals surface area contributed by atoms with Crippen molar-refractivity contribution in [2.75, 3.05) is 26.8 Å². The zero-order valence-corrected chi connectivity index (χ0v) is 7.10. The van der Waals surface area contributed by atoms with Crippen LogP contribution in [0, 0.1) is 0 Å². The number of rotatable bonds is 3. The van der Waals surface area contributed by atoms with Gasteiger partial charge in [-0.25, -0.2) is 0 Å². The maximum Gasteiger partial charge on any atom is 0.0637 e. The van der Waals surface area contributed by atoms with Crippen LogP contribution in [0.1, 0.15) is 6.42 Å². The molecule has 0 radical (unpaired) electrons. The monoisotopic (exact) mass is 159 g/mol. The molecule has 0 spiro atoms. The van der Waals surface area contributed by atoms with Crippen molar-refractivity contribution in [3.05, 3.63) is 11.1 Å². The van der Waals surface area contributed by atoms with Gasteiger partial charge in [0.05, 0.1) is 6.61 Å². The van der Waals surface area contributed by atoms with E-state index in [9.17, 15) is 0 Å². The highest BCUT2D eigenvalue weighted by molar-refractivity contribution is 7.84. The van der Waals surface area contributed by atoms with E-state index in [4.69, 9.17) is 4.74 Å². The maximum absolute atomic E-state index is 4.94. The van der Waals surface area contributed by atoms with E-state index in [0.29, 0.717) is 0 Å². The molecule has 0 atom stereocenters. The molecule has 0 aromatic heterocycles. The largest absolute Gasteiger partial charge is 0.383 e. The van der Waals surface area contributed by atoms with Crippen molar-refractivity contribution >= 4 is 12.6 Å². The Kier molecular flexibility index (Phi) is 3.09. The van der Waals surface area contributed by atoms with E-state index < -0.39 is 0 Å². The van der Waals surface area contributed by atoms with Crippen LogP contribution in [0.5, 0.6) is 0 Å². The van der Waals surface area contributed by atoms with Gasteiger partial charge in [-0.2, -0.15) is 0 Å². The molecule has 1 aliphatic rings. The second kappa shape index (κ2) is 3.88. The van der Waals surface area contributed by atoms with E-state index in [1.807, 2.05) is 0 Å². The Morgan fingerprint density at radius 2 is 2.60 bits per heavy atom. The summed E-state index contributed by atoms with van der Waals surface area (Å²) >= 11 is 4.25. The Balaban J connectivity index is 2.18. The van der Waals surface area contributed by atoms with E-state index in [-0.39, 0.29) is 0 Å². The number of thiol groups is 1. The van der Waals surface area contributed by atoms with Gasteiger partial charge in [-0.05, 0) is 11.3 Å². The first-order valence-electron chi connectivity index (χ1n) is 3.45. The molecule has 0 fully saturated rings. The normalized spacial score (nSPS) is 17.8. The van der Waals surface area contributed by atoms with Gasteiger partial charge in [0, 0.05) is 26.4 Å². The van der Waals surface area contributed by atoms with E-state index >= 15 is 0 Å². The predicted octanol–water partition coefficient (Wildman–Crippen LogP) is 1.11. The Bertz CT molecular complexity index is 136. The Morgan fingerprint density at radius 3 is 3.10 bits per heavy atom. The zero-order valence-electron chi connectivity index (χ0n) is 6.21. The molecule has 1 heterocycles. The minimum Gasteiger partial charge on any atom is -0.383 e. The number of nitrogens with zero attached hydrogens (tertiary/aromatic N) is 1. The predicted molar refractivity (Wildman–Crippen MR) is 45.1 cm³/mol. The standard InChI is InChI=1S/C7H13NOS/c1-9-5-4-8-3-2-7(10)6-8/h6,10H,2-5H2,1H3. The molecule has 0 unspecified atom stereocenters. The summed E-state index contributed by atoms with van der Waals surface area (Å²) in [6, 6.07) is 0. The molecular weight excluding hydrogens is 146 g/mol. The van der Waals surface area contributed by atoms with Gasteiger partial charge in [0.25, 0.3) is 0 Å². The van der Waals surface area contributed by atoms with Gasteiger partial charge in [-0.3, -0.25) is 0 Å². The summed E-state index contributed by atoms with van der Waals surface area (Å²) in [6.07, 6.45) is 3.18. The van der Waals surface area contributed by atoms with Gasteiger partial charge >= 0.3 is 0 Å². The lowest BCUT2D eigenvalue weighted by atomic mass is 10.5.